The van der Waals surface area contributed by atoms with E-state index in [1.165, 1.54) is 13.1 Å². The predicted molar refractivity (Wildman–Crippen MR) is 65.5 cm³/mol. The lowest BCUT2D eigenvalue weighted by atomic mass is 10.1. The van der Waals surface area contributed by atoms with E-state index in [1.807, 2.05) is 12.4 Å². The molecule has 0 amide bonds. The third-order valence-corrected chi connectivity index (χ3v) is 3.74. The van der Waals surface area contributed by atoms with Gasteiger partial charge in [-0.05, 0) is 18.5 Å². The molecule has 3 aliphatic heterocycles. The summed E-state index contributed by atoms with van der Waals surface area (Å²) in [6, 6.07) is 0.393. The fraction of sp³-hybridized carbons (Fsp3) is 0.667. The molecule has 1 unspecified atom stereocenters. The van der Waals surface area contributed by atoms with E-state index in [2.05, 4.69) is 19.8 Å². The molecular formula is C12H19N5. The van der Waals surface area contributed by atoms with Crippen molar-refractivity contribution < 1.29 is 0 Å². The van der Waals surface area contributed by atoms with Crippen molar-refractivity contribution in [3.8, 4) is 0 Å². The molecule has 3 fully saturated rings. The van der Waals surface area contributed by atoms with Crippen LogP contribution >= 0.6 is 0 Å². The molecule has 1 atom stereocenters. The van der Waals surface area contributed by atoms with Crippen LogP contribution in [0.4, 0.5) is 0 Å². The van der Waals surface area contributed by atoms with E-state index in [1.54, 1.807) is 0 Å². The molecule has 0 radical (unpaired) electrons. The molecule has 92 valence electrons. The zero-order chi connectivity index (χ0) is 11.7. The third-order valence-electron chi connectivity index (χ3n) is 3.74. The number of hydrogen-bond acceptors (Lipinski definition) is 5. The highest BCUT2D eigenvalue weighted by atomic mass is 15.4. The summed E-state index contributed by atoms with van der Waals surface area (Å²) in [5.74, 6) is 0.968. The molecule has 1 aromatic heterocycles. The van der Waals surface area contributed by atoms with Gasteiger partial charge in [0.15, 0.2) is 0 Å². The van der Waals surface area contributed by atoms with Crippen molar-refractivity contribution in [1.82, 2.24) is 19.8 Å². The zero-order valence-corrected chi connectivity index (χ0v) is 10.0. The van der Waals surface area contributed by atoms with Crippen LogP contribution in [0.5, 0.6) is 0 Å². The Morgan fingerprint density at radius 3 is 2.41 bits per heavy atom. The van der Waals surface area contributed by atoms with Crippen LogP contribution in [-0.4, -0.2) is 59.0 Å². The van der Waals surface area contributed by atoms with Gasteiger partial charge in [0.2, 0.25) is 0 Å². The maximum atomic E-state index is 5.52. The van der Waals surface area contributed by atoms with Crippen molar-refractivity contribution in [3.63, 3.8) is 0 Å². The molecule has 0 aliphatic carbocycles. The topological polar surface area (TPSA) is 58.3 Å². The van der Waals surface area contributed by atoms with Crippen molar-refractivity contribution in [2.75, 3.05) is 39.3 Å². The second-order valence-corrected chi connectivity index (χ2v) is 4.84. The molecular weight excluding hydrogens is 214 g/mol. The highest BCUT2D eigenvalue weighted by molar-refractivity contribution is 5.09. The van der Waals surface area contributed by atoms with Crippen LogP contribution in [0.15, 0.2) is 12.4 Å². The summed E-state index contributed by atoms with van der Waals surface area (Å²) >= 11 is 0. The molecule has 0 saturated carbocycles. The molecule has 0 spiro atoms. The van der Waals surface area contributed by atoms with Crippen LogP contribution < -0.4 is 5.73 Å². The minimum absolute atomic E-state index is 0.393. The van der Waals surface area contributed by atoms with E-state index in [0.717, 1.165) is 37.4 Å². The average molecular weight is 233 g/mol. The van der Waals surface area contributed by atoms with Crippen molar-refractivity contribution in [1.29, 1.82) is 0 Å². The van der Waals surface area contributed by atoms with Gasteiger partial charge < -0.3 is 5.73 Å². The fourth-order valence-corrected chi connectivity index (χ4v) is 2.70. The first kappa shape index (κ1) is 11.1. The van der Waals surface area contributed by atoms with Gasteiger partial charge in [-0.3, -0.25) is 9.80 Å². The standard InChI is InChI=1S/C12H19N5/c13-2-1-10-7-14-12(15-8-10)11-9-16-3-5-17(11)6-4-16/h7-8,11H,1-6,9,13H2. The Bertz CT molecular complexity index is 369. The van der Waals surface area contributed by atoms with E-state index in [9.17, 15) is 0 Å². The summed E-state index contributed by atoms with van der Waals surface area (Å²) in [6.45, 7) is 6.43. The second-order valence-electron chi connectivity index (χ2n) is 4.84. The lowest BCUT2D eigenvalue weighted by Crippen LogP contribution is -2.57. The van der Waals surface area contributed by atoms with Crippen molar-refractivity contribution in [2.24, 2.45) is 5.73 Å². The van der Waals surface area contributed by atoms with Crippen LogP contribution in [0.25, 0.3) is 0 Å². The second kappa shape index (κ2) is 4.68. The van der Waals surface area contributed by atoms with E-state index < -0.39 is 0 Å². The molecule has 17 heavy (non-hydrogen) atoms. The molecule has 3 aliphatic rings. The first-order chi connectivity index (χ1) is 8.36. The van der Waals surface area contributed by atoms with Gasteiger partial charge in [-0.15, -0.1) is 0 Å². The Labute approximate surface area is 102 Å². The molecule has 1 aromatic rings. The lowest BCUT2D eigenvalue weighted by molar-refractivity contribution is 0.00862. The monoisotopic (exact) mass is 233 g/mol. The summed E-state index contributed by atoms with van der Waals surface area (Å²) in [5.41, 5.74) is 6.65. The van der Waals surface area contributed by atoms with Crippen molar-refractivity contribution in [3.05, 3.63) is 23.8 Å². The fourth-order valence-electron chi connectivity index (χ4n) is 2.70. The maximum Gasteiger partial charge on any atom is 0.146 e. The molecule has 5 heteroatoms. The number of rotatable bonds is 3. The summed E-state index contributed by atoms with van der Waals surface area (Å²) in [4.78, 5) is 14.0. The summed E-state index contributed by atoms with van der Waals surface area (Å²) in [6.07, 6.45) is 4.71. The molecule has 4 heterocycles. The number of nitrogens with two attached hydrogens (primary N) is 1. The molecule has 2 bridgehead atoms. The maximum absolute atomic E-state index is 5.52. The van der Waals surface area contributed by atoms with Gasteiger partial charge in [0.05, 0.1) is 6.04 Å². The van der Waals surface area contributed by atoms with Gasteiger partial charge in [-0.1, -0.05) is 0 Å². The SMILES string of the molecule is NCCc1cnc(C2CN3CCN2CC3)nc1. The first-order valence-electron chi connectivity index (χ1n) is 6.34. The average Bonchev–Trinajstić information content (AvgIpc) is 2.41. The van der Waals surface area contributed by atoms with Crippen molar-refractivity contribution in [2.45, 2.75) is 12.5 Å². The van der Waals surface area contributed by atoms with Gasteiger partial charge in [0, 0.05) is 45.1 Å². The summed E-state index contributed by atoms with van der Waals surface area (Å²) in [5, 5.41) is 0. The Balaban J connectivity index is 1.75. The molecule has 2 N–H and O–H groups in total. The summed E-state index contributed by atoms with van der Waals surface area (Å²) in [7, 11) is 0. The largest absolute Gasteiger partial charge is 0.330 e. The normalized spacial score (nSPS) is 31.7. The minimum Gasteiger partial charge on any atom is -0.330 e. The smallest absolute Gasteiger partial charge is 0.146 e. The predicted octanol–water partition coefficient (Wildman–Crippen LogP) is -0.350. The van der Waals surface area contributed by atoms with E-state index in [-0.39, 0.29) is 0 Å². The third kappa shape index (κ3) is 2.18. The zero-order valence-electron chi connectivity index (χ0n) is 10.0. The highest BCUT2D eigenvalue weighted by Crippen LogP contribution is 2.26. The van der Waals surface area contributed by atoms with E-state index in [0.29, 0.717) is 12.6 Å². The lowest BCUT2D eigenvalue weighted by Gasteiger charge is -2.46. The number of fused-ring (bicyclic) bond motifs is 3. The van der Waals surface area contributed by atoms with Crippen LogP contribution in [0.1, 0.15) is 17.4 Å². The van der Waals surface area contributed by atoms with E-state index >= 15 is 0 Å². The number of nitrogens with zero attached hydrogens (tertiary/aromatic N) is 4. The first-order valence-corrected chi connectivity index (χ1v) is 6.34. The quantitative estimate of drug-likeness (QED) is 0.773. The number of aromatic nitrogens is 2. The number of hydrogen-bond donors (Lipinski definition) is 1. The highest BCUT2D eigenvalue weighted by Gasteiger charge is 2.34. The Morgan fingerprint density at radius 2 is 1.88 bits per heavy atom. The Hall–Kier alpha value is -1.04. The van der Waals surface area contributed by atoms with Gasteiger partial charge in [-0.2, -0.15) is 0 Å². The molecule has 5 nitrogen and oxygen atoms in total. The molecule has 3 saturated heterocycles. The molecule has 4 rings (SSSR count). The number of piperazine rings is 3. The minimum atomic E-state index is 0.393. The van der Waals surface area contributed by atoms with Crippen LogP contribution in [0.2, 0.25) is 0 Å². The van der Waals surface area contributed by atoms with Gasteiger partial charge in [0.25, 0.3) is 0 Å². The van der Waals surface area contributed by atoms with E-state index in [4.69, 9.17) is 5.73 Å². The van der Waals surface area contributed by atoms with Crippen molar-refractivity contribution >= 4 is 0 Å². The van der Waals surface area contributed by atoms with Gasteiger partial charge in [0.1, 0.15) is 5.82 Å². The van der Waals surface area contributed by atoms with Crippen LogP contribution in [-0.2, 0) is 6.42 Å². The molecule has 0 aromatic carbocycles. The van der Waals surface area contributed by atoms with Crippen LogP contribution in [0, 0.1) is 0 Å². The van der Waals surface area contributed by atoms with Crippen LogP contribution in [0.3, 0.4) is 0 Å². The summed E-state index contributed by atoms with van der Waals surface area (Å²) < 4.78 is 0. The Kier molecular flexibility index (Phi) is 3.05. The van der Waals surface area contributed by atoms with Gasteiger partial charge in [-0.25, -0.2) is 9.97 Å². The van der Waals surface area contributed by atoms with Gasteiger partial charge >= 0.3 is 0 Å². The Morgan fingerprint density at radius 1 is 1.18 bits per heavy atom.